The molecule has 0 spiro atoms. The largest absolute Gasteiger partial charge is 0.398 e. The average molecular weight is 191 g/mol. The SMILES string of the molecule is C#Cc1cc2cccc(C#C)c2cc1N. The zero-order valence-corrected chi connectivity index (χ0v) is 8.12. The average Bonchev–Trinajstić information content (AvgIpc) is 2.27. The molecule has 0 saturated heterocycles. The highest BCUT2D eigenvalue weighted by molar-refractivity contribution is 5.92. The van der Waals surface area contributed by atoms with Gasteiger partial charge in [-0.25, -0.2) is 0 Å². The molecule has 0 aliphatic carbocycles. The summed E-state index contributed by atoms with van der Waals surface area (Å²) in [5.74, 6) is 5.18. The van der Waals surface area contributed by atoms with Crippen molar-refractivity contribution in [3.8, 4) is 24.7 Å². The van der Waals surface area contributed by atoms with Crippen LogP contribution in [0.4, 0.5) is 5.69 Å². The zero-order valence-electron chi connectivity index (χ0n) is 8.12. The Kier molecular flexibility index (Phi) is 2.08. The Bertz CT molecular complexity index is 609. The molecule has 1 heteroatoms. The summed E-state index contributed by atoms with van der Waals surface area (Å²) >= 11 is 0. The number of nitrogen functional groups attached to an aromatic ring is 1. The summed E-state index contributed by atoms with van der Waals surface area (Å²) in [6.07, 6.45) is 10.7. The third kappa shape index (κ3) is 1.41. The van der Waals surface area contributed by atoms with Crippen LogP contribution in [0.25, 0.3) is 10.8 Å². The first-order valence-corrected chi connectivity index (χ1v) is 4.51. The molecule has 1 nitrogen and oxygen atoms in total. The Balaban J connectivity index is 2.90. The van der Waals surface area contributed by atoms with E-state index in [1.807, 2.05) is 30.3 Å². The number of hydrogen-bond donors (Lipinski definition) is 1. The lowest BCUT2D eigenvalue weighted by atomic mass is 10.0. The summed E-state index contributed by atoms with van der Waals surface area (Å²) in [5.41, 5.74) is 7.94. The first-order valence-electron chi connectivity index (χ1n) is 4.51. The fourth-order valence-corrected chi connectivity index (χ4v) is 1.59. The van der Waals surface area contributed by atoms with E-state index >= 15 is 0 Å². The maximum atomic E-state index is 5.81. The summed E-state index contributed by atoms with van der Waals surface area (Å²) in [6.45, 7) is 0. The van der Waals surface area contributed by atoms with Crippen molar-refractivity contribution in [2.45, 2.75) is 0 Å². The first kappa shape index (κ1) is 9.19. The normalized spacial score (nSPS) is 9.47. The number of fused-ring (bicyclic) bond motifs is 1. The number of anilines is 1. The van der Waals surface area contributed by atoms with Gasteiger partial charge in [0.1, 0.15) is 0 Å². The summed E-state index contributed by atoms with van der Waals surface area (Å²) in [5, 5.41) is 1.99. The minimum Gasteiger partial charge on any atom is -0.398 e. The smallest absolute Gasteiger partial charge is 0.0479 e. The van der Waals surface area contributed by atoms with Gasteiger partial charge in [-0.3, -0.25) is 0 Å². The Labute approximate surface area is 88.9 Å². The van der Waals surface area contributed by atoms with E-state index in [0.29, 0.717) is 11.3 Å². The molecule has 0 radical (unpaired) electrons. The number of benzene rings is 2. The lowest BCUT2D eigenvalue weighted by Gasteiger charge is -2.04. The molecule has 0 aliphatic rings. The van der Waals surface area contributed by atoms with Crippen molar-refractivity contribution in [3.05, 3.63) is 41.5 Å². The van der Waals surface area contributed by atoms with Crippen LogP contribution in [0.15, 0.2) is 30.3 Å². The standard InChI is InChI=1S/C14H9N/c1-3-10-6-5-7-12-8-11(4-2)14(15)9-13(10)12/h1-2,5-9H,15H2. The molecule has 0 aliphatic heterocycles. The van der Waals surface area contributed by atoms with Crippen LogP contribution in [0.3, 0.4) is 0 Å². The van der Waals surface area contributed by atoms with Gasteiger partial charge in [0.2, 0.25) is 0 Å². The van der Waals surface area contributed by atoms with Crippen LogP contribution in [-0.4, -0.2) is 0 Å². The highest BCUT2D eigenvalue weighted by Gasteiger charge is 2.02. The maximum absolute atomic E-state index is 5.81. The molecule has 2 aromatic rings. The van der Waals surface area contributed by atoms with Crippen molar-refractivity contribution in [2.24, 2.45) is 0 Å². The van der Waals surface area contributed by atoms with Gasteiger partial charge in [0.05, 0.1) is 0 Å². The minimum absolute atomic E-state index is 0.590. The molecule has 70 valence electrons. The Morgan fingerprint density at radius 2 is 1.73 bits per heavy atom. The molecule has 2 aromatic carbocycles. The van der Waals surface area contributed by atoms with Gasteiger partial charge in [0.15, 0.2) is 0 Å². The Hall–Kier alpha value is -2.38. The van der Waals surface area contributed by atoms with Crippen molar-refractivity contribution in [1.29, 1.82) is 0 Å². The van der Waals surface area contributed by atoms with Crippen molar-refractivity contribution in [2.75, 3.05) is 5.73 Å². The van der Waals surface area contributed by atoms with Crippen LogP contribution < -0.4 is 5.73 Å². The van der Waals surface area contributed by atoms with Crippen molar-refractivity contribution < 1.29 is 0 Å². The van der Waals surface area contributed by atoms with Crippen LogP contribution in [0.5, 0.6) is 0 Å². The lowest BCUT2D eigenvalue weighted by molar-refractivity contribution is 1.65. The second-order valence-electron chi connectivity index (χ2n) is 3.25. The number of hydrogen-bond acceptors (Lipinski definition) is 1. The van der Waals surface area contributed by atoms with Gasteiger partial charge < -0.3 is 5.73 Å². The Morgan fingerprint density at radius 3 is 2.40 bits per heavy atom. The van der Waals surface area contributed by atoms with E-state index in [9.17, 15) is 0 Å². The molecule has 15 heavy (non-hydrogen) atoms. The molecule has 0 fully saturated rings. The van der Waals surface area contributed by atoms with Gasteiger partial charge in [-0.15, -0.1) is 12.8 Å². The van der Waals surface area contributed by atoms with Gasteiger partial charge in [-0.1, -0.05) is 24.0 Å². The third-order valence-electron chi connectivity index (χ3n) is 2.36. The van der Waals surface area contributed by atoms with E-state index in [-0.39, 0.29) is 0 Å². The van der Waals surface area contributed by atoms with Crippen LogP contribution in [0.1, 0.15) is 11.1 Å². The highest BCUT2D eigenvalue weighted by atomic mass is 14.6. The predicted molar refractivity (Wildman–Crippen MR) is 64.2 cm³/mol. The van der Waals surface area contributed by atoms with E-state index in [0.717, 1.165) is 16.3 Å². The molecule has 0 aromatic heterocycles. The van der Waals surface area contributed by atoms with E-state index in [1.54, 1.807) is 0 Å². The summed E-state index contributed by atoms with van der Waals surface area (Å²) in [7, 11) is 0. The Morgan fingerprint density at radius 1 is 1.00 bits per heavy atom. The third-order valence-corrected chi connectivity index (χ3v) is 2.36. The number of terminal acetylenes is 2. The number of nitrogens with two attached hydrogens (primary N) is 1. The summed E-state index contributed by atoms with van der Waals surface area (Å²) in [4.78, 5) is 0. The van der Waals surface area contributed by atoms with Crippen molar-refractivity contribution in [1.82, 2.24) is 0 Å². The zero-order chi connectivity index (χ0) is 10.8. The van der Waals surface area contributed by atoms with Gasteiger partial charge in [-0.05, 0) is 29.0 Å². The van der Waals surface area contributed by atoms with E-state index in [2.05, 4.69) is 11.8 Å². The van der Waals surface area contributed by atoms with E-state index < -0.39 is 0 Å². The predicted octanol–water partition coefficient (Wildman–Crippen LogP) is 2.38. The fourth-order valence-electron chi connectivity index (χ4n) is 1.59. The van der Waals surface area contributed by atoms with Gasteiger partial charge in [0, 0.05) is 16.8 Å². The molecule has 0 amide bonds. The monoisotopic (exact) mass is 191 g/mol. The van der Waals surface area contributed by atoms with Crippen molar-refractivity contribution in [3.63, 3.8) is 0 Å². The molecular weight excluding hydrogens is 182 g/mol. The minimum atomic E-state index is 0.590. The lowest BCUT2D eigenvalue weighted by Crippen LogP contribution is -1.91. The van der Waals surface area contributed by atoms with Crippen LogP contribution >= 0.6 is 0 Å². The van der Waals surface area contributed by atoms with Gasteiger partial charge in [-0.2, -0.15) is 0 Å². The molecule has 0 heterocycles. The highest BCUT2D eigenvalue weighted by Crippen LogP contribution is 2.24. The second kappa shape index (κ2) is 3.40. The molecular formula is C14H9N. The quantitative estimate of drug-likeness (QED) is 0.502. The molecule has 0 bridgehead atoms. The summed E-state index contributed by atoms with van der Waals surface area (Å²) in [6, 6.07) is 9.48. The van der Waals surface area contributed by atoms with E-state index in [4.69, 9.17) is 18.6 Å². The van der Waals surface area contributed by atoms with Crippen LogP contribution in [-0.2, 0) is 0 Å². The van der Waals surface area contributed by atoms with Gasteiger partial charge in [0.25, 0.3) is 0 Å². The molecule has 2 N–H and O–H groups in total. The topological polar surface area (TPSA) is 26.0 Å². The van der Waals surface area contributed by atoms with Crippen LogP contribution in [0.2, 0.25) is 0 Å². The number of rotatable bonds is 0. The molecule has 0 atom stereocenters. The molecule has 0 saturated carbocycles. The second-order valence-corrected chi connectivity index (χ2v) is 3.25. The molecule has 2 rings (SSSR count). The van der Waals surface area contributed by atoms with Crippen LogP contribution in [0, 0.1) is 24.7 Å². The fraction of sp³-hybridized carbons (Fsp3) is 0. The van der Waals surface area contributed by atoms with Crippen molar-refractivity contribution >= 4 is 16.5 Å². The van der Waals surface area contributed by atoms with E-state index in [1.165, 1.54) is 0 Å². The maximum Gasteiger partial charge on any atom is 0.0479 e. The summed E-state index contributed by atoms with van der Waals surface area (Å²) < 4.78 is 0. The van der Waals surface area contributed by atoms with Gasteiger partial charge >= 0.3 is 0 Å². The first-order chi connectivity index (χ1) is 7.26. The molecule has 0 unspecified atom stereocenters.